The predicted molar refractivity (Wildman–Crippen MR) is 71.5 cm³/mol. The molecule has 10 heteroatoms. The number of primary amides is 1. The summed E-state index contributed by atoms with van der Waals surface area (Å²) in [6.45, 7) is -0.459. The molecule has 0 bridgehead atoms. The van der Waals surface area contributed by atoms with E-state index < -0.39 is 37.1 Å². The zero-order valence-corrected chi connectivity index (χ0v) is 11.3. The lowest BCUT2D eigenvalue weighted by Gasteiger charge is -2.19. The molecule has 1 unspecified atom stereocenters. The van der Waals surface area contributed by atoms with E-state index in [2.05, 4.69) is 9.97 Å². The Morgan fingerprint density at radius 2 is 2.23 bits per heavy atom. The van der Waals surface area contributed by atoms with Gasteiger partial charge in [-0.25, -0.2) is 4.98 Å². The van der Waals surface area contributed by atoms with Gasteiger partial charge < -0.3 is 30.8 Å². The number of aliphatic hydroxyl groups excluding tert-OH is 3. The van der Waals surface area contributed by atoms with Gasteiger partial charge in [0, 0.05) is 6.20 Å². The van der Waals surface area contributed by atoms with Crippen LogP contribution in [0.5, 0.6) is 0 Å². The molecule has 1 fully saturated rings. The standard InChI is InChI=1S/C12H15N5O5/c13-9-6-4(10(14)21)1-15-11(6)17(3-16-9)12-8(20)7(19)5(2-18)22-12/h1,3,5,7-8,12-13,15,18-20H,2H2,(H2,14,21)/t5-,7?,8+,12-/m1/s1. The number of nitrogens with one attached hydrogen (secondary N) is 2. The Morgan fingerprint density at radius 3 is 2.82 bits per heavy atom. The fourth-order valence-electron chi connectivity index (χ4n) is 2.60. The second kappa shape index (κ2) is 5.18. The minimum atomic E-state index is -1.30. The van der Waals surface area contributed by atoms with Gasteiger partial charge in [0.05, 0.1) is 17.6 Å². The van der Waals surface area contributed by atoms with Gasteiger partial charge in [-0.15, -0.1) is 0 Å². The van der Waals surface area contributed by atoms with Crippen LogP contribution in [0.25, 0.3) is 11.0 Å². The number of H-pyrrole nitrogens is 1. The first-order chi connectivity index (χ1) is 10.5. The highest BCUT2D eigenvalue weighted by atomic mass is 16.6. The first-order valence-electron chi connectivity index (χ1n) is 6.50. The average molecular weight is 309 g/mol. The van der Waals surface area contributed by atoms with E-state index in [-0.39, 0.29) is 16.4 Å². The monoisotopic (exact) mass is 309 g/mol. The average Bonchev–Trinajstić information content (AvgIpc) is 3.04. The number of hydrogen-bond acceptors (Lipinski definition) is 7. The maximum atomic E-state index is 11.4. The van der Waals surface area contributed by atoms with Gasteiger partial charge in [0.15, 0.2) is 11.7 Å². The number of carbonyl (C=O) groups is 1. The van der Waals surface area contributed by atoms with Gasteiger partial charge in [0.1, 0.15) is 30.3 Å². The number of ether oxygens (including phenoxy) is 1. The van der Waals surface area contributed by atoms with Crippen molar-refractivity contribution < 1.29 is 24.9 Å². The number of aromatic nitrogens is 3. The number of aromatic amines is 1. The molecule has 0 aromatic carbocycles. The number of nitrogens with zero attached hydrogens (tertiary/aromatic N) is 2. The molecule has 1 aliphatic rings. The molecule has 0 saturated carbocycles. The van der Waals surface area contributed by atoms with Crippen LogP contribution in [0.15, 0.2) is 12.5 Å². The summed E-state index contributed by atoms with van der Waals surface area (Å²) >= 11 is 0. The Morgan fingerprint density at radius 1 is 1.50 bits per heavy atom. The highest BCUT2D eigenvalue weighted by molar-refractivity contribution is 6.04. The quantitative estimate of drug-likeness (QED) is 0.367. The van der Waals surface area contributed by atoms with Crippen LogP contribution in [-0.2, 0) is 4.74 Å². The summed E-state index contributed by atoms with van der Waals surface area (Å²) in [5.41, 5.74) is 5.48. The van der Waals surface area contributed by atoms with Gasteiger partial charge in [0.25, 0.3) is 5.91 Å². The van der Waals surface area contributed by atoms with E-state index >= 15 is 0 Å². The molecule has 0 aliphatic carbocycles. The lowest BCUT2D eigenvalue weighted by atomic mass is 10.1. The van der Waals surface area contributed by atoms with E-state index in [0.717, 1.165) is 0 Å². The molecule has 118 valence electrons. The molecule has 10 nitrogen and oxygen atoms in total. The molecule has 1 saturated heterocycles. The molecular weight excluding hydrogens is 294 g/mol. The fraction of sp³-hybridized carbons (Fsp3) is 0.417. The first kappa shape index (κ1) is 14.7. The summed E-state index contributed by atoms with van der Waals surface area (Å²) in [5, 5.41) is 37.0. The molecule has 0 radical (unpaired) electrons. The largest absolute Gasteiger partial charge is 0.394 e. The van der Waals surface area contributed by atoms with Crippen molar-refractivity contribution in [2.75, 3.05) is 6.61 Å². The van der Waals surface area contributed by atoms with Crippen LogP contribution in [0.1, 0.15) is 16.6 Å². The molecule has 2 aromatic heterocycles. The number of fused-ring (bicyclic) bond motifs is 1. The third-order valence-corrected chi connectivity index (χ3v) is 3.72. The number of hydrogen-bond donors (Lipinski definition) is 6. The van der Waals surface area contributed by atoms with Crippen molar-refractivity contribution in [1.29, 1.82) is 5.41 Å². The van der Waals surface area contributed by atoms with E-state index in [1.807, 2.05) is 0 Å². The van der Waals surface area contributed by atoms with Crippen molar-refractivity contribution in [3.05, 3.63) is 23.6 Å². The number of nitrogens with two attached hydrogens (primary N) is 1. The van der Waals surface area contributed by atoms with Crippen molar-refractivity contribution in [3.63, 3.8) is 0 Å². The number of carbonyl (C=O) groups excluding carboxylic acids is 1. The lowest BCUT2D eigenvalue weighted by Crippen LogP contribution is -2.33. The zero-order valence-electron chi connectivity index (χ0n) is 11.3. The normalized spacial score (nSPS) is 28.3. The Balaban J connectivity index is 2.15. The van der Waals surface area contributed by atoms with Gasteiger partial charge in [0.2, 0.25) is 0 Å². The second-order valence-corrected chi connectivity index (χ2v) is 5.02. The minimum absolute atomic E-state index is 0.0913. The molecule has 0 spiro atoms. The predicted octanol–water partition coefficient (Wildman–Crippen LogP) is -2.45. The van der Waals surface area contributed by atoms with Crippen molar-refractivity contribution in [2.45, 2.75) is 24.5 Å². The molecule has 7 N–H and O–H groups in total. The number of rotatable bonds is 3. The molecule has 2 aromatic rings. The van der Waals surface area contributed by atoms with E-state index in [0.29, 0.717) is 5.65 Å². The summed E-state index contributed by atoms with van der Waals surface area (Å²) in [5.74, 6) is -0.722. The SMILES string of the molecule is N=c1ncn([C@@H]2O[C@H](CO)C(O)[C@@H]2O)c2[nH]cc(C(N)=O)c12. The summed E-state index contributed by atoms with van der Waals surface area (Å²) in [6, 6.07) is 0. The zero-order chi connectivity index (χ0) is 16.0. The summed E-state index contributed by atoms with van der Waals surface area (Å²) < 4.78 is 6.76. The topological polar surface area (TPSA) is 170 Å². The third kappa shape index (κ3) is 2.01. The van der Waals surface area contributed by atoms with E-state index in [1.165, 1.54) is 17.1 Å². The highest BCUT2D eigenvalue weighted by Crippen LogP contribution is 2.30. The summed E-state index contributed by atoms with van der Waals surface area (Å²) in [7, 11) is 0. The van der Waals surface area contributed by atoms with Crippen LogP contribution < -0.4 is 11.2 Å². The van der Waals surface area contributed by atoms with Crippen molar-refractivity contribution in [2.24, 2.45) is 5.73 Å². The molecular formula is C12H15N5O5. The molecule has 4 atom stereocenters. The second-order valence-electron chi connectivity index (χ2n) is 5.02. The Hall–Kier alpha value is -2.27. The van der Waals surface area contributed by atoms with Crippen LogP contribution >= 0.6 is 0 Å². The molecule has 3 heterocycles. The maximum Gasteiger partial charge on any atom is 0.251 e. The highest BCUT2D eigenvalue weighted by Gasteiger charge is 2.43. The van der Waals surface area contributed by atoms with Crippen molar-refractivity contribution in [3.8, 4) is 0 Å². The molecule has 3 rings (SSSR count). The smallest absolute Gasteiger partial charge is 0.251 e. The van der Waals surface area contributed by atoms with Crippen molar-refractivity contribution >= 4 is 16.9 Å². The van der Waals surface area contributed by atoms with Crippen LogP contribution in [0.4, 0.5) is 0 Å². The number of aliphatic hydroxyl groups is 3. The van der Waals surface area contributed by atoms with Crippen LogP contribution in [-0.4, -0.2) is 60.7 Å². The van der Waals surface area contributed by atoms with E-state index in [1.54, 1.807) is 0 Å². The van der Waals surface area contributed by atoms with Gasteiger partial charge in [-0.1, -0.05) is 0 Å². The molecule has 1 amide bonds. The van der Waals surface area contributed by atoms with Crippen LogP contribution in [0.3, 0.4) is 0 Å². The summed E-state index contributed by atoms with van der Waals surface area (Å²) in [6.07, 6.45) is -1.95. The van der Waals surface area contributed by atoms with Gasteiger partial charge in [-0.3, -0.25) is 14.8 Å². The van der Waals surface area contributed by atoms with Gasteiger partial charge in [-0.2, -0.15) is 0 Å². The lowest BCUT2D eigenvalue weighted by molar-refractivity contribution is -0.0515. The minimum Gasteiger partial charge on any atom is -0.394 e. The molecule has 1 aliphatic heterocycles. The van der Waals surface area contributed by atoms with E-state index in [4.69, 9.17) is 21.0 Å². The van der Waals surface area contributed by atoms with Crippen LogP contribution in [0, 0.1) is 5.41 Å². The summed E-state index contributed by atoms with van der Waals surface area (Å²) in [4.78, 5) is 18.0. The number of amides is 1. The van der Waals surface area contributed by atoms with Crippen molar-refractivity contribution in [1.82, 2.24) is 14.5 Å². The van der Waals surface area contributed by atoms with Gasteiger partial charge in [-0.05, 0) is 0 Å². The molecule has 22 heavy (non-hydrogen) atoms. The Labute approximate surface area is 123 Å². The van der Waals surface area contributed by atoms with Gasteiger partial charge >= 0.3 is 0 Å². The fourth-order valence-corrected chi connectivity index (χ4v) is 2.60. The third-order valence-electron chi connectivity index (χ3n) is 3.72. The Bertz CT molecular complexity index is 784. The Kier molecular flexibility index (Phi) is 3.45. The maximum absolute atomic E-state index is 11.4. The van der Waals surface area contributed by atoms with Crippen LogP contribution in [0.2, 0.25) is 0 Å². The first-order valence-corrected chi connectivity index (χ1v) is 6.50. The van der Waals surface area contributed by atoms with E-state index in [9.17, 15) is 15.0 Å².